The molecule has 25 heavy (non-hydrogen) atoms. The molecule has 0 aromatic heterocycles. The fourth-order valence-corrected chi connectivity index (χ4v) is 2.16. The lowest BCUT2D eigenvalue weighted by Gasteiger charge is -2.08. The predicted molar refractivity (Wildman–Crippen MR) is 94.3 cm³/mol. The summed E-state index contributed by atoms with van der Waals surface area (Å²) in [5.74, 6) is 0.882. The Morgan fingerprint density at radius 1 is 0.720 bits per heavy atom. The van der Waals surface area contributed by atoms with Crippen LogP contribution in [-0.2, 0) is 22.7 Å². The van der Waals surface area contributed by atoms with Crippen LogP contribution in [0.4, 0.5) is 0 Å². The first-order valence-corrected chi connectivity index (χ1v) is 7.90. The minimum absolute atomic E-state index is 0.202. The van der Waals surface area contributed by atoms with Gasteiger partial charge in [0.05, 0.1) is 14.2 Å². The van der Waals surface area contributed by atoms with Crippen LogP contribution in [0.25, 0.3) is 0 Å². The van der Waals surface area contributed by atoms with Gasteiger partial charge in [-0.2, -0.15) is 0 Å². The minimum Gasteiger partial charge on any atom is -0.497 e. The number of ether oxygens (including phenoxy) is 2. The Labute approximate surface area is 147 Å². The first-order valence-electron chi connectivity index (χ1n) is 7.90. The SMILES string of the molecule is COc1ccc(CNC(=O)CC(=O)NCc2ccc(OC)cc2)cc1. The van der Waals surface area contributed by atoms with E-state index >= 15 is 0 Å². The van der Waals surface area contributed by atoms with Crippen molar-refractivity contribution in [3.05, 3.63) is 59.7 Å². The zero-order chi connectivity index (χ0) is 18.1. The van der Waals surface area contributed by atoms with Gasteiger partial charge in [-0.1, -0.05) is 24.3 Å². The molecule has 2 rings (SSSR count). The number of hydrogen-bond acceptors (Lipinski definition) is 4. The molecule has 6 heteroatoms. The summed E-state index contributed by atoms with van der Waals surface area (Å²) in [5.41, 5.74) is 1.88. The van der Waals surface area contributed by atoms with Gasteiger partial charge in [-0.25, -0.2) is 0 Å². The molecule has 0 unspecified atom stereocenters. The van der Waals surface area contributed by atoms with Crippen molar-refractivity contribution in [3.8, 4) is 11.5 Å². The Hall–Kier alpha value is -3.02. The van der Waals surface area contributed by atoms with Crippen LogP contribution in [0.3, 0.4) is 0 Å². The Morgan fingerprint density at radius 2 is 1.08 bits per heavy atom. The zero-order valence-corrected chi connectivity index (χ0v) is 14.4. The largest absolute Gasteiger partial charge is 0.497 e. The summed E-state index contributed by atoms with van der Waals surface area (Å²) in [7, 11) is 3.20. The average Bonchev–Trinajstić information content (AvgIpc) is 2.65. The summed E-state index contributed by atoms with van der Waals surface area (Å²) in [4.78, 5) is 23.7. The molecule has 0 aliphatic carbocycles. The molecule has 0 saturated heterocycles. The van der Waals surface area contributed by atoms with Crippen molar-refractivity contribution < 1.29 is 19.1 Å². The lowest BCUT2D eigenvalue weighted by Crippen LogP contribution is -2.31. The first-order chi connectivity index (χ1) is 12.1. The quantitative estimate of drug-likeness (QED) is 0.720. The average molecular weight is 342 g/mol. The van der Waals surface area contributed by atoms with Gasteiger partial charge in [0.1, 0.15) is 17.9 Å². The van der Waals surface area contributed by atoms with Gasteiger partial charge >= 0.3 is 0 Å². The molecule has 0 radical (unpaired) electrons. The highest BCUT2D eigenvalue weighted by atomic mass is 16.5. The molecule has 0 fully saturated rings. The first kappa shape index (κ1) is 18.3. The predicted octanol–water partition coefficient (Wildman–Crippen LogP) is 2.03. The van der Waals surface area contributed by atoms with Crippen LogP contribution in [0.2, 0.25) is 0 Å². The third-order valence-corrected chi connectivity index (χ3v) is 3.62. The van der Waals surface area contributed by atoms with Crippen LogP contribution in [0.1, 0.15) is 17.5 Å². The highest BCUT2D eigenvalue weighted by Crippen LogP contribution is 2.11. The molecular weight excluding hydrogens is 320 g/mol. The van der Waals surface area contributed by atoms with Crippen LogP contribution in [0, 0.1) is 0 Å². The second kappa shape index (κ2) is 9.32. The maximum Gasteiger partial charge on any atom is 0.229 e. The molecule has 0 aliphatic heterocycles. The van der Waals surface area contributed by atoms with E-state index in [1.54, 1.807) is 14.2 Å². The van der Waals surface area contributed by atoms with E-state index in [1.807, 2.05) is 48.5 Å². The molecule has 132 valence electrons. The standard InChI is InChI=1S/C19H22N2O4/c1-24-16-7-3-14(4-8-16)12-20-18(22)11-19(23)21-13-15-5-9-17(25-2)10-6-15/h3-10H,11-13H2,1-2H3,(H,20,22)(H,21,23). The fraction of sp³-hybridized carbons (Fsp3) is 0.263. The van der Waals surface area contributed by atoms with Gasteiger partial charge < -0.3 is 20.1 Å². The summed E-state index contributed by atoms with van der Waals surface area (Å²) in [6.45, 7) is 0.739. The highest BCUT2D eigenvalue weighted by molar-refractivity contribution is 5.96. The topological polar surface area (TPSA) is 76.7 Å². The van der Waals surface area contributed by atoms with Crippen molar-refractivity contribution in [2.24, 2.45) is 0 Å². The molecule has 2 amide bonds. The van der Waals surface area contributed by atoms with Crippen molar-refractivity contribution in [3.63, 3.8) is 0 Å². The number of amides is 2. The molecular formula is C19H22N2O4. The van der Waals surface area contributed by atoms with Crippen molar-refractivity contribution in [1.82, 2.24) is 10.6 Å². The summed E-state index contributed by atoms with van der Waals surface area (Å²) in [6.07, 6.45) is -0.202. The van der Waals surface area contributed by atoms with Gasteiger partial charge in [-0.15, -0.1) is 0 Å². The third kappa shape index (κ3) is 6.18. The van der Waals surface area contributed by atoms with E-state index in [9.17, 15) is 9.59 Å². The second-order valence-corrected chi connectivity index (χ2v) is 5.43. The summed E-state index contributed by atoms with van der Waals surface area (Å²) < 4.78 is 10.2. The maximum absolute atomic E-state index is 11.8. The lowest BCUT2D eigenvalue weighted by atomic mass is 10.2. The maximum atomic E-state index is 11.8. The molecule has 2 N–H and O–H groups in total. The van der Waals surface area contributed by atoms with Crippen molar-refractivity contribution >= 4 is 11.8 Å². The number of carbonyl (C=O) groups is 2. The van der Waals surface area contributed by atoms with E-state index in [2.05, 4.69) is 10.6 Å². The third-order valence-electron chi connectivity index (χ3n) is 3.62. The Kier molecular flexibility index (Phi) is 6.83. The summed E-state index contributed by atoms with van der Waals surface area (Å²) >= 11 is 0. The number of methoxy groups -OCH3 is 2. The Bertz CT molecular complexity index is 635. The van der Waals surface area contributed by atoms with Crippen molar-refractivity contribution in [2.75, 3.05) is 14.2 Å². The lowest BCUT2D eigenvalue weighted by molar-refractivity contribution is -0.129. The van der Waals surface area contributed by atoms with Gasteiger partial charge in [-0.05, 0) is 35.4 Å². The molecule has 0 aliphatic rings. The summed E-state index contributed by atoms with van der Waals surface area (Å²) in [6, 6.07) is 14.7. The molecule has 2 aromatic carbocycles. The minimum atomic E-state index is -0.317. The zero-order valence-electron chi connectivity index (χ0n) is 14.4. The fourth-order valence-electron chi connectivity index (χ4n) is 2.16. The highest BCUT2D eigenvalue weighted by Gasteiger charge is 2.09. The van der Waals surface area contributed by atoms with Gasteiger partial charge in [0.15, 0.2) is 0 Å². The van der Waals surface area contributed by atoms with E-state index in [0.29, 0.717) is 13.1 Å². The number of carbonyl (C=O) groups excluding carboxylic acids is 2. The Morgan fingerprint density at radius 3 is 1.40 bits per heavy atom. The van der Waals surface area contributed by atoms with Gasteiger partial charge in [0.25, 0.3) is 0 Å². The van der Waals surface area contributed by atoms with Gasteiger partial charge in [-0.3, -0.25) is 9.59 Å². The van der Waals surface area contributed by atoms with Crippen LogP contribution >= 0.6 is 0 Å². The molecule has 0 atom stereocenters. The van der Waals surface area contributed by atoms with E-state index in [4.69, 9.17) is 9.47 Å². The summed E-state index contributed by atoms with van der Waals surface area (Å²) in [5, 5.41) is 5.45. The number of hydrogen-bond donors (Lipinski definition) is 2. The molecule has 2 aromatic rings. The normalized spacial score (nSPS) is 10.0. The van der Waals surface area contributed by atoms with Crippen LogP contribution < -0.4 is 20.1 Å². The van der Waals surface area contributed by atoms with Gasteiger partial charge in [0.2, 0.25) is 11.8 Å². The van der Waals surface area contributed by atoms with E-state index in [-0.39, 0.29) is 18.2 Å². The van der Waals surface area contributed by atoms with E-state index in [0.717, 1.165) is 22.6 Å². The molecule has 0 heterocycles. The van der Waals surface area contributed by atoms with Crippen molar-refractivity contribution in [1.29, 1.82) is 0 Å². The number of nitrogens with one attached hydrogen (secondary N) is 2. The van der Waals surface area contributed by atoms with Crippen molar-refractivity contribution in [2.45, 2.75) is 19.5 Å². The van der Waals surface area contributed by atoms with E-state index < -0.39 is 0 Å². The second-order valence-electron chi connectivity index (χ2n) is 5.43. The van der Waals surface area contributed by atoms with Gasteiger partial charge in [0, 0.05) is 13.1 Å². The molecule has 0 saturated carbocycles. The number of benzene rings is 2. The number of rotatable bonds is 8. The van der Waals surface area contributed by atoms with Crippen LogP contribution in [0.15, 0.2) is 48.5 Å². The molecule has 0 spiro atoms. The van der Waals surface area contributed by atoms with Crippen LogP contribution in [-0.4, -0.2) is 26.0 Å². The molecule has 6 nitrogen and oxygen atoms in total. The molecule has 0 bridgehead atoms. The Balaban J connectivity index is 1.70. The van der Waals surface area contributed by atoms with E-state index in [1.165, 1.54) is 0 Å². The monoisotopic (exact) mass is 342 g/mol. The smallest absolute Gasteiger partial charge is 0.229 e. The van der Waals surface area contributed by atoms with Crippen LogP contribution in [0.5, 0.6) is 11.5 Å².